The van der Waals surface area contributed by atoms with Crippen molar-refractivity contribution >= 4 is 45.9 Å². The Morgan fingerprint density at radius 2 is 1.67 bits per heavy atom. The van der Waals surface area contributed by atoms with Crippen LogP contribution in [0.1, 0.15) is 21.5 Å². The molecule has 0 bridgehead atoms. The molecule has 0 saturated heterocycles. The van der Waals surface area contributed by atoms with Crippen molar-refractivity contribution in [3.8, 4) is 17.2 Å². The zero-order chi connectivity index (χ0) is 23.7. The van der Waals surface area contributed by atoms with Gasteiger partial charge in [-0.2, -0.15) is 0 Å². The van der Waals surface area contributed by atoms with Crippen LogP contribution in [0.5, 0.6) is 17.2 Å². The smallest absolute Gasteiger partial charge is 0.335 e. The third-order valence-electron chi connectivity index (χ3n) is 5.60. The second-order valence-corrected chi connectivity index (χ2v) is 8.44. The summed E-state index contributed by atoms with van der Waals surface area (Å²) in [5.41, 5.74) is 2.08. The van der Waals surface area contributed by atoms with Crippen LogP contribution in [0.25, 0.3) is 10.8 Å². The van der Waals surface area contributed by atoms with E-state index >= 15 is 0 Å². The zero-order valence-corrected chi connectivity index (χ0v) is 19.5. The molecule has 1 N–H and O–H groups in total. The summed E-state index contributed by atoms with van der Waals surface area (Å²) in [5.74, 6) is 0.118. The number of hydrogen-bond acceptors (Lipinski definition) is 5. The van der Waals surface area contributed by atoms with E-state index in [1.54, 1.807) is 31.3 Å². The van der Waals surface area contributed by atoms with Crippen molar-refractivity contribution in [1.29, 1.82) is 0 Å². The molecule has 9 heteroatoms. The fourth-order valence-corrected chi connectivity index (χ4v) is 4.56. The van der Waals surface area contributed by atoms with Crippen LogP contribution in [-0.2, 0) is 17.8 Å². The van der Waals surface area contributed by atoms with Crippen LogP contribution in [0.3, 0.4) is 0 Å². The molecule has 172 valence electrons. The van der Waals surface area contributed by atoms with Crippen LogP contribution in [0, 0.1) is 0 Å². The molecule has 1 aliphatic rings. The van der Waals surface area contributed by atoms with Crippen molar-refractivity contribution in [2.45, 2.75) is 13.0 Å². The quantitative estimate of drug-likeness (QED) is 0.533. The van der Waals surface area contributed by atoms with Crippen LogP contribution < -0.4 is 14.2 Å². The van der Waals surface area contributed by atoms with Gasteiger partial charge in [0.25, 0.3) is 5.91 Å². The summed E-state index contributed by atoms with van der Waals surface area (Å²) in [6.45, 7) is 0.668. The predicted molar refractivity (Wildman–Crippen MR) is 125 cm³/mol. The number of rotatable bonds is 6. The summed E-state index contributed by atoms with van der Waals surface area (Å²) in [7, 11) is 3.15. The molecule has 33 heavy (non-hydrogen) atoms. The first-order chi connectivity index (χ1) is 15.8. The average Bonchev–Trinajstić information content (AvgIpc) is 2.80. The first-order valence-electron chi connectivity index (χ1n) is 10.1. The number of amides is 1. The van der Waals surface area contributed by atoms with Gasteiger partial charge < -0.3 is 24.2 Å². The van der Waals surface area contributed by atoms with Gasteiger partial charge in [-0.05, 0) is 59.3 Å². The lowest BCUT2D eigenvalue weighted by atomic mass is 9.99. The summed E-state index contributed by atoms with van der Waals surface area (Å²) in [4.78, 5) is 26.2. The number of ether oxygens (including phenoxy) is 3. The molecule has 1 amide bonds. The number of benzene rings is 3. The van der Waals surface area contributed by atoms with Gasteiger partial charge in [-0.25, -0.2) is 4.79 Å². The number of fused-ring (bicyclic) bond motifs is 2. The maximum Gasteiger partial charge on any atom is 0.335 e. The Morgan fingerprint density at radius 1 is 0.970 bits per heavy atom. The van der Waals surface area contributed by atoms with Crippen LogP contribution in [-0.4, -0.2) is 49.3 Å². The summed E-state index contributed by atoms with van der Waals surface area (Å²) in [5, 5.41) is 11.1. The van der Waals surface area contributed by atoms with E-state index < -0.39 is 5.97 Å². The number of carbonyl (C=O) groups is 2. The molecular formula is C24H21Cl2NO6. The van der Waals surface area contributed by atoms with Crippen molar-refractivity contribution in [2.75, 3.05) is 27.4 Å². The molecule has 0 radical (unpaired) electrons. The largest absolute Gasteiger partial charge is 0.493 e. The molecule has 3 aromatic rings. The van der Waals surface area contributed by atoms with Gasteiger partial charge in [-0.3, -0.25) is 4.79 Å². The lowest BCUT2D eigenvalue weighted by Gasteiger charge is -2.29. The number of methoxy groups -OCH3 is 2. The Bertz CT molecular complexity index is 1260. The molecule has 4 rings (SSSR count). The van der Waals surface area contributed by atoms with E-state index in [4.69, 9.17) is 37.4 Å². The highest BCUT2D eigenvalue weighted by Crippen LogP contribution is 2.37. The number of hydrogen-bond donors (Lipinski definition) is 1. The van der Waals surface area contributed by atoms with E-state index in [0.717, 1.165) is 11.1 Å². The van der Waals surface area contributed by atoms with Crippen LogP contribution in [0.2, 0.25) is 10.0 Å². The molecule has 0 aromatic heterocycles. The predicted octanol–water partition coefficient (Wildman–Crippen LogP) is 4.83. The van der Waals surface area contributed by atoms with E-state index in [-0.39, 0.29) is 23.8 Å². The minimum Gasteiger partial charge on any atom is -0.493 e. The highest BCUT2D eigenvalue weighted by atomic mass is 35.5. The van der Waals surface area contributed by atoms with Crippen molar-refractivity contribution in [3.05, 3.63) is 63.1 Å². The van der Waals surface area contributed by atoms with Crippen molar-refractivity contribution < 1.29 is 28.9 Å². The Labute approximate surface area is 200 Å². The molecule has 0 fully saturated rings. The van der Waals surface area contributed by atoms with Crippen molar-refractivity contribution in [3.63, 3.8) is 0 Å². The van der Waals surface area contributed by atoms with Gasteiger partial charge >= 0.3 is 5.97 Å². The van der Waals surface area contributed by atoms with Crippen LogP contribution in [0.15, 0.2) is 36.4 Å². The van der Waals surface area contributed by atoms with Gasteiger partial charge in [0.05, 0.1) is 24.8 Å². The van der Waals surface area contributed by atoms with Gasteiger partial charge in [-0.1, -0.05) is 23.2 Å². The summed E-state index contributed by atoms with van der Waals surface area (Å²) in [6.07, 6.45) is 0.670. The van der Waals surface area contributed by atoms with Crippen LogP contribution >= 0.6 is 23.2 Å². The number of nitrogens with zero attached hydrogens (tertiary/aromatic N) is 1. The maximum absolute atomic E-state index is 12.9. The lowest BCUT2D eigenvalue weighted by molar-refractivity contribution is -0.134. The standard InChI is InChI=1S/C24H21Cl2NO6/c1-31-19-7-13-3-4-27(11-16(13)9-20(19)32-2)22(28)12-33-21-8-15(24(29)30)5-14-6-17(25)10-18(26)23(14)21/h5-10H,3-4,11-12H2,1-2H3,(H,29,30). The minimum atomic E-state index is -1.12. The Hall–Kier alpha value is -3.16. The highest BCUT2D eigenvalue weighted by Gasteiger charge is 2.24. The third kappa shape index (κ3) is 4.65. The third-order valence-corrected chi connectivity index (χ3v) is 6.11. The van der Waals surface area contributed by atoms with Gasteiger partial charge in [0.1, 0.15) is 5.75 Å². The second-order valence-electron chi connectivity index (χ2n) is 7.60. The fraction of sp³-hybridized carbons (Fsp3) is 0.250. The van der Waals surface area contributed by atoms with Crippen LogP contribution in [0.4, 0.5) is 0 Å². The van der Waals surface area contributed by atoms with Crippen molar-refractivity contribution in [2.24, 2.45) is 0 Å². The number of carbonyl (C=O) groups excluding carboxylic acids is 1. The molecule has 0 spiro atoms. The molecule has 1 heterocycles. The molecule has 0 unspecified atom stereocenters. The summed E-state index contributed by atoms with van der Waals surface area (Å²) >= 11 is 12.4. The summed E-state index contributed by atoms with van der Waals surface area (Å²) < 4.78 is 16.5. The number of aromatic carboxylic acids is 1. The van der Waals surface area contributed by atoms with Gasteiger partial charge in [0, 0.05) is 23.5 Å². The SMILES string of the molecule is COc1cc2c(cc1OC)CN(C(=O)COc1cc(C(=O)O)cc3cc(Cl)cc(Cl)c13)CC2. The first kappa shape index (κ1) is 23.0. The average molecular weight is 490 g/mol. The molecule has 1 aliphatic heterocycles. The van der Waals surface area contributed by atoms with E-state index in [2.05, 4.69) is 0 Å². The van der Waals surface area contributed by atoms with Gasteiger partial charge in [-0.15, -0.1) is 0 Å². The fourth-order valence-electron chi connectivity index (χ4n) is 3.95. The monoisotopic (exact) mass is 489 g/mol. The first-order valence-corrected chi connectivity index (χ1v) is 10.9. The van der Waals surface area contributed by atoms with E-state index in [1.807, 2.05) is 12.1 Å². The number of carboxylic acids is 1. The normalized spacial score (nSPS) is 12.9. The number of halogens is 2. The molecule has 0 saturated carbocycles. The molecule has 0 atom stereocenters. The lowest BCUT2D eigenvalue weighted by Crippen LogP contribution is -2.38. The molecular weight excluding hydrogens is 469 g/mol. The topological polar surface area (TPSA) is 85.3 Å². The molecule has 7 nitrogen and oxygen atoms in total. The van der Waals surface area contributed by atoms with Crippen molar-refractivity contribution in [1.82, 2.24) is 4.90 Å². The second kappa shape index (κ2) is 9.37. The van der Waals surface area contributed by atoms with E-state index in [0.29, 0.717) is 51.8 Å². The Kier molecular flexibility index (Phi) is 6.54. The van der Waals surface area contributed by atoms with E-state index in [1.165, 1.54) is 12.1 Å². The van der Waals surface area contributed by atoms with Gasteiger partial charge in [0.15, 0.2) is 18.1 Å². The number of carboxylic acid groups (broad SMARTS) is 1. The molecule has 0 aliphatic carbocycles. The summed E-state index contributed by atoms with van der Waals surface area (Å²) in [6, 6.07) is 9.79. The Balaban J connectivity index is 1.55. The van der Waals surface area contributed by atoms with E-state index in [9.17, 15) is 14.7 Å². The highest BCUT2D eigenvalue weighted by molar-refractivity contribution is 6.39. The Morgan fingerprint density at radius 3 is 2.33 bits per heavy atom. The van der Waals surface area contributed by atoms with Gasteiger partial charge in [0.2, 0.25) is 0 Å². The molecule has 3 aromatic carbocycles. The minimum absolute atomic E-state index is 0.0104. The zero-order valence-electron chi connectivity index (χ0n) is 18.0. The maximum atomic E-state index is 12.9.